The van der Waals surface area contributed by atoms with E-state index in [1.54, 1.807) is 18.3 Å². The predicted molar refractivity (Wildman–Crippen MR) is 112 cm³/mol. The number of hydrogen-bond donors (Lipinski definition) is 2. The van der Waals surface area contributed by atoms with Gasteiger partial charge in [-0.15, -0.1) is 0 Å². The molecule has 1 saturated heterocycles. The number of amides is 1. The van der Waals surface area contributed by atoms with E-state index in [9.17, 15) is 4.79 Å². The lowest BCUT2D eigenvalue weighted by Crippen LogP contribution is -2.38. The largest absolute Gasteiger partial charge is 0.493 e. The number of aromatic nitrogens is 1. The average molecular weight is 423 g/mol. The fourth-order valence-corrected chi connectivity index (χ4v) is 3.69. The van der Waals surface area contributed by atoms with E-state index in [4.69, 9.17) is 18.9 Å². The third-order valence-corrected chi connectivity index (χ3v) is 5.41. The number of methoxy groups -OCH3 is 3. The van der Waals surface area contributed by atoms with Crippen molar-refractivity contribution in [2.75, 3.05) is 71.4 Å². The Morgan fingerprint density at radius 2 is 1.86 bits per heavy atom. The molecule has 9 nitrogen and oxygen atoms in total. The number of carbonyl (C=O) groups excluding carboxylic acids is 1. The maximum Gasteiger partial charge on any atom is 0.267 e. The van der Waals surface area contributed by atoms with Gasteiger partial charge in [-0.05, 0) is 0 Å². The molecule has 0 bridgehead atoms. The van der Waals surface area contributed by atoms with Crippen LogP contribution in [0.5, 0.6) is 17.2 Å². The number of thiazole rings is 1. The lowest BCUT2D eigenvalue weighted by Gasteiger charge is -2.26. The molecule has 2 aromatic rings. The van der Waals surface area contributed by atoms with Crippen LogP contribution in [-0.2, 0) is 4.74 Å². The molecule has 0 spiro atoms. The maximum absolute atomic E-state index is 12.6. The van der Waals surface area contributed by atoms with E-state index >= 15 is 0 Å². The third-order valence-electron chi connectivity index (χ3n) is 4.46. The molecule has 1 aliphatic heterocycles. The number of benzene rings is 1. The fourth-order valence-electron chi connectivity index (χ4n) is 2.95. The summed E-state index contributed by atoms with van der Waals surface area (Å²) in [5.41, 5.74) is 0.541. The van der Waals surface area contributed by atoms with Crippen molar-refractivity contribution in [3.8, 4) is 17.2 Å². The van der Waals surface area contributed by atoms with Crippen molar-refractivity contribution in [2.45, 2.75) is 0 Å². The Balaban J connectivity index is 1.58. The van der Waals surface area contributed by atoms with E-state index < -0.39 is 0 Å². The molecule has 0 atom stereocenters. The average Bonchev–Trinajstić information content (AvgIpc) is 3.23. The van der Waals surface area contributed by atoms with Crippen molar-refractivity contribution < 1.29 is 23.7 Å². The van der Waals surface area contributed by atoms with E-state index in [0.29, 0.717) is 32.9 Å². The lowest BCUT2D eigenvalue weighted by molar-refractivity contribution is 0.0398. The molecule has 0 unspecified atom stereocenters. The zero-order chi connectivity index (χ0) is 20.6. The molecule has 3 rings (SSSR count). The van der Waals surface area contributed by atoms with E-state index in [0.717, 1.165) is 39.4 Å². The molecule has 2 N–H and O–H groups in total. The van der Waals surface area contributed by atoms with Crippen LogP contribution in [0.2, 0.25) is 0 Å². The third kappa shape index (κ3) is 5.49. The minimum Gasteiger partial charge on any atom is -0.493 e. The van der Waals surface area contributed by atoms with Gasteiger partial charge in [0.1, 0.15) is 4.88 Å². The standard InChI is InChI=1S/C19H26N4O5S/c1-25-14-10-13(11-15(26-2)17(14)27-3)22-18(24)16-12-21-19(29-16)20-4-5-23-6-8-28-9-7-23/h10-12H,4-9H2,1-3H3,(H,20,21)(H,22,24). The van der Waals surface area contributed by atoms with E-state index in [-0.39, 0.29) is 5.91 Å². The van der Waals surface area contributed by atoms with Crippen LogP contribution >= 0.6 is 11.3 Å². The molecule has 1 aromatic carbocycles. The quantitative estimate of drug-likeness (QED) is 0.635. The molecule has 0 aliphatic carbocycles. The number of rotatable bonds is 9. The van der Waals surface area contributed by atoms with Crippen LogP contribution in [0.4, 0.5) is 10.8 Å². The van der Waals surface area contributed by atoms with Gasteiger partial charge in [0.15, 0.2) is 16.6 Å². The molecular weight excluding hydrogens is 396 g/mol. The highest BCUT2D eigenvalue weighted by atomic mass is 32.1. The molecule has 1 aromatic heterocycles. The summed E-state index contributed by atoms with van der Waals surface area (Å²) in [4.78, 5) is 19.7. The van der Waals surface area contributed by atoms with Crippen LogP contribution in [0, 0.1) is 0 Å². The van der Waals surface area contributed by atoms with Gasteiger partial charge in [0.2, 0.25) is 5.75 Å². The summed E-state index contributed by atoms with van der Waals surface area (Å²) < 4.78 is 21.3. The molecule has 0 radical (unpaired) electrons. The number of carbonyl (C=O) groups is 1. The van der Waals surface area contributed by atoms with Gasteiger partial charge >= 0.3 is 0 Å². The zero-order valence-corrected chi connectivity index (χ0v) is 17.6. The van der Waals surface area contributed by atoms with E-state index in [1.807, 2.05) is 0 Å². The lowest BCUT2D eigenvalue weighted by atomic mass is 10.2. The molecule has 0 saturated carbocycles. The van der Waals surface area contributed by atoms with Crippen LogP contribution in [0.1, 0.15) is 9.67 Å². The summed E-state index contributed by atoms with van der Waals surface area (Å²) in [5.74, 6) is 1.16. The van der Waals surface area contributed by atoms with Gasteiger partial charge in [0, 0.05) is 44.0 Å². The summed E-state index contributed by atoms with van der Waals surface area (Å²) in [6.45, 7) is 5.13. The van der Waals surface area contributed by atoms with Crippen molar-refractivity contribution in [1.29, 1.82) is 0 Å². The number of ether oxygens (including phenoxy) is 4. The monoisotopic (exact) mass is 422 g/mol. The van der Waals surface area contributed by atoms with Crippen LogP contribution in [0.25, 0.3) is 0 Å². The highest BCUT2D eigenvalue weighted by Gasteiger charge is 2.17. The van der Waals surface area contributed by atoms with E-state index in [2.05, 4.69) is 20.5 Å². The minimum atomic E-state index is -0.252. The zero-order valence-electron chi connectivity index (χ0n) is 16.8. The smallest absolute Gasteiger partial charge is 0.267 e. The number of nitrogens with zero attached hydrogens (tertiary/aromatic N) is 2. The first-order chi connectivity index (χ1) is 14.1. The van der Waals surface area contributed by atoms with Gasteiger partial charge in [-0.1, -0.05) is 11.3 Å². The molecule has 1 amide bonds. The summed E-state index contributed by atoms with van der Waals surface area (Å²) in [6.07, 6.45) is 1.56. The van der Waals surface area contributed by atoms with Crippen molar-refractivity contribution in [3.05, 3.63) is 23.2 Å². The molecule has 1 aliphatic rings. The van der Waals surface area contributed by atoms with Gasteiger partial charge in [0.05, 0.1) is 40.7 Å². The Labute approximate surface area is 173 Å². The minimum absolute atomic E-state index is 0.252. The Kier molecular flexibility index (Phi) is 7.50. The van der Waals surface area contributed by atoms with Gasteiger partial charge in [0.25, 0.3) is 5.91 Å². The molecule has 1 fully saturated rings. The Bertz CT molecular complexity index is 798. The Morgan fingerprint density at radius 1 is 1.17 bits per heavy atom. The number of anilines is 2. The van der Waals surface area contributed by atoms with Crippen molar-refractivity contribution in [3.63, 3.8) is 0 Å². The predicted octanol–water partition coefficient (Wildman–Crippen LogP) is 2.17. The van der Waals surface area contributed by atoms with Gasteiger partial charge in [-0.25, -0.2) is 4.98 Å². The van der Waals surface area contributed by atoms with Gasteiger partial charge in [-0.2, -0.15) is 0 Å². The topological polar surface area (TPSA) is 94.2 Å². The van der Waals surface area contributed by atoms with Crippen LogP contribution < -0.4 is 24.8 Å². The SMILES string of the molecule is COc1cc(NC(=O)c2cnc(NCCN3CCOCC3)s2)cc(OC)c1OC. The number of hydrogen-bond acceptors (Lipinski definition) is 9. The second-order valence-corrected chi connectivity index (χ2v) is 7.31. The highest BCUT2D eigenvalue weighted by Crippen LogP contribution is 2.40. The summed E-state index contributed by atoms with van der Waals surface area (Å²) in [6, 6.07) is 3.36. The summed E-state index contributed by atoms with van der Waals surface area (Å²) >= 11 is 1.31. The normalized spacial score (nSPS) is 14.3. The van der Waals surface area contributed by atoms with E-state index in [1.165, 1.54) is 32.7 Å². The van der Waals surface area contributed by atoms with Gasteiger partial charge < -0.3 is 29.6 Å². The molecular formula is C19H26N4O5S. The van der Waals surface area contributed by atoms with Crippen molar-refractivity contribution in [2.24, 2.45) is 0 Å². The first kappa shape index (κ1) is 21.2. The first-order valence-corrected chi connectivity index (χ1v) is 10.1. The Morgan fingerprint density at radius 3 is 2.48 bits per heavy atom. The van der Waals surface area contributed by atoms with Crippen molar-refractivity contribution >= 4 is 28.1 Å². The fraction of sp³-hybridized carbons (Fsp3) is 0.474. The van der Waals surface area contributed by atoms with Gasteiger partial charge in [-0.3, -0.25) is 9.69 Å². The molecule has 158 valence electrons. The molecule has 10 heteroatoms. The maximum atomic E-state index is 12.6. The Hall–Kier alpha value is -2.56. The summed E-state index contributed by atoms with van der Waals surface area (Å²) in [7, 11) is 4.59. The molecule has 2 heterocycles. The number of nitrogens with one attached hydrogen (secondary N) is 2. The second-order valence-electron chi connectivity index (χ2n) is 6.28. The van der Waals surface area contributed by atoms with Crippen LogP contribution in [0.3, 0.4) is 0 Å². The second kappa shape index (κ2) is 10.3. The van der Waals surface area contributed by atoms with Crippen LogP contribution in [0.15, 0.2) is 18.3 Å². The van der Waals surface area contributed by atoms with Crippen molar-refractivity contribution in [1.82, 2.24) is 9.88 Å². The molecule has 29 heavy (non-hydrogen) atoms. The first-order valence-electron chi connectivity index (χ1n) is 9.25. The summed E-state index contributed by atoms with van der Waals surface area (Å²) in [5, 5.41) is 6.83. The number of morpholine rings is 1. The van der Waals surface area contributed by atoms with Crippen LogP contribution in [-0.4, -0.2) is 76.5 Å². The highest BCUT2D eigenvalue weighted by molar-refractivity contribution is 7.17.